The second kappa shape index (κ2) is 4.73. The molecule has 1 aromatic heterocycles. The summed E-state index contributed by atoms with van der Waals surface area (Å²) in [6, 6.07) is 7.57. The van der Waals surface area contributed by atoms with Gasteiger partial charge in [-0.3, -0.25) is 0 Å². The summed E-state index contributed by atoms with van der Waals surface area (Å²) in [6.45, 7) is 1.96. The predicted molar refractivity (Wildman–Crippen MR) is 69.3 cm³/mol. The van der Waals surface area contributed by atoms with Crippen LogP contribution in [0, 0.1) is 6.92 Å². The van der Waals surface area contributed by atoms with Gasteiger partial charge in [0.05, 0.1) is 10.7 Å². The molecule has 0 saturated carbocycles. The van der Waals surface area contributed by atoms with Gasteiger partial charge in [-0.2, -0.15) is 0 Å². The van der Waals surface area contributed by atoms with Gasteiger partial charge in [0.25, 0.3) is 0 Å². The lowest BCUT2D eigenvalue weighted by atomic mass is 10.0. The molecule has 0 spiro atoms. The fraction of sp³-hybridized carbons (Fsp3) is 0.167. The summed E-state index contributed by atoms with van der Waals surface area (Å²) in [4.78, 5) is 0. The van der Waals surface area contributed by atoms with E-state index in [-0.39, 0.29) is 0 Å². The molecule has 2 aromatic rings. The number of hydrogen-bond donors (Lipinski definition) is 1. The highest BCUT2D eigenvalue weighted by molar-refractivity contribution is 9.10. The molecule has 84 valence electrons. The van der Waals surface area contributed by atoms with Crippen LogP contribution in [0.15, 0.2) is 43.9 Å². The van der Waals surface area contributed by atoms with Gasteiger partial charge >= 0.3 is 0 Å². The molecular weight excluding hydrogens is 336 g/mol. The van der Waals surface area contributed by atoms with Gasteiger partial charge in [0, 0.05) is 4.47 Å². The Labute approximate surface area is 111 Å². The molecule has 0 aliphatic carbocycles. The van der Waals surface area contributed by atoms with Crippen LogP contribution in [0.1, 0.15) is 23.0 Å². The van der Waals surface area contributed by atoms with E-state index in [2.05, 4.69) is 31.9 Å². The zero-order valence-corrected chi connectivity index (χ0v) is 11.7. The average Bonchev–Trinajstić information content (AvgIpc) is 2.67. The largest absolute Gasteiger partial charge is 0.465 e. The molecule has 0 amide bonds. The lowest BCUT2D eigenvalue weighted by Gasteiger charge is -2.12. The molecule has 1 atom stereocenters. The molecule has 16 heavy (non-hydrogen) atoms. The van der Waals surface area contributed by atoms with Crippen LogP contribution in [0.3, 0.4) is 0 Å². The molecule has 1 aromatic carbocycles. The van der Waals surface area contributed by atoms with Gasteiger partial charge < -0.3 is 9.52 Å². The van der Waals surface area contributed by atoms with Crippen molar-refractivity contribution in [3.8, 4) is 0 Å². The van der Waals surface area contributed by atoms with Gasteiger partial charge in [0.15, 0.2) is 5.76 Å². The summed E-state index contributed by atoms with van der Waals surface area (Å²) in [7, 11) is 0. The molecule has 0 aliphatic heterocycles. The van der Waals surface area contributed by atoms with E-state index in [9.17, 15) is 5.11 Å². The second-order valence-corrected chi connectivity index (χ2v) is 5.31. The Bertz CT molecular complexity index is 505. The molecule has 0 bridgehead atoms. The van der Waals surface area contributed by atoms with E-state index in [0.29, 0.717) is 5.76 Å². The first-order valence-electron chi connectivity index (χ1n) is 4.76. The molecule has 0 radical (unpaired) electrons. The van der Waals surface area contributed by atoms with Gasteiger partial charge in [-0.15, -0.1) is 0 Å². The number of benzene rings is 1. The molecule has 0 aliphatic rings. The van der Waals surface area contributed by atoms with E-state index < -0.39 is 6.10 Å². The normalized spacial score (nSPS) is 12.8. The van der Waals surface area contributed by atoms with Crippen LogP contribution < -0.4 is 0 Å². The number of aliphatic hydroxyl groups is 1. The van der Waals surface area contributed by atoms with Crippen molar-refractivity contribution in [2.24, 2.45) is 0 Å². The topological polar surface area (TPSA) is 33.4 Å². The van der Waals surface area contributed by atoms with Crippen molar-refractivity contribution >= 4 is 31.9 Å². The monoisotopic (exact) mass is 344 g/mol. The first-order valence-corrected chi connectivity index (χ1v) is 6.35. The maximum absolute atomic E-state index is 10.2. The van der Waals surface area contributed by atoms with Crippen LogP contribution in [0.4, 0.5) is 0 Å². The highest BCUT2D eigenvalue weighted by atomic mass is 79.9. The van der Waals surface area contributed by atoms with Gasteiger partial charge in [-0.25, -0.2) is 0 Å². The van der Waals surface area contributed by atoms with Crippen molar-refractivity contribution in [1.82, 2.24) is 0 Å². The molecule has 1 unspecified atom stereocenters. The lowest BCUT2D eigenvalue weighted by molar-refractivity contribution is 0.187. The molecule has 2 nitrogen and oxygen atoms in total. The number of aryl methyl sites for hydroxylation is 1. The molecule has 1 heterocycles. The number of furan rings is 1. The molecule has 2 rings (SSSR count). The maximum atomic E-state index is 10.2. The zero-order chi connectivity index (χ0) is 11.7. The number of hydrogen-bond acceptors (Lipinski definition) is 2. The smallest absolute Gasteiger partial charge is 0.150 e. The van der Waals surface area contributed by atoms with E-state index >= 15 is 0 Å². The van der Waals surface area contributed by atoms with Crippen LogP contribution in [-0.2, 0) is 0 Å². The lowest BCUT2D eigenvalue weighted by Crippen LogP contribution is -2.01. The Morgan fingerprint density at radius 1 is 1.25 bits per heavy atom. The molecular formula is C12H10Br2O2. The first kappa shape index (κ1) is 11.9. The number of halogens is 2. The summed E-state index contributed by atoms with van der Waals surface area (Å²) < 4.78 is 6.98. The standard InChI is InChI=1S/C12H10Br2O2/c1-7-2-3-8(13)6-9(7)11(15)12-10(14)4-5-16-12/h2-6,11,15H,1H3. The van der Waals surface area contributed by atoms with Gasteiger partial charge in [0.1, 0.15) is 6.10 Å². The Balaban J connectivity index is 2.45. The highest BCUT2D eigenvalue weighted by Crippen LogP contribution is 2.32. The third-order valence-corrected chi connectivity index (χ3v) is 3.58. The van der Waals surface area contributed by atoms with Crippen molar-refractivity contribution in [2.75, 3.05) is 0 Å². The maximum Gasteiger partial charge on any atom is 0.150 e. The summed E-state index contributed by atoms with van der Waals surface area (Å²) in [6.07, 6.45) is 0.803. The Kier molecular flexibility index (Phi) is 3.52. The number of aliphatic hydroxyl groups excluding tert-OH is 1. The average molecular weight is 346 g/mol. The third-order valence-electron chi connectivity index (χ3n) is 2.43. The molecule has 1 N–H and O–H groups in total. The van der Waals surface area contributed by atoms with E-state index in [1.54, 1.807) is 12.3 Å². The van der Waals surface area contributed by atoms with E-state index in [4.69, 9.17) is 4.42 Å². The minimum atomic E-state index is -0.748. The Morgan fingerprint density at radius 3 is 2.62 bits per heavy atom. The first-order chi connectivity index (χ1) is 7.59. The van der Waals surface area contributed by atoms with Crippen molar-refractivity contribution in [2.45, 2.75) is 13.0 Å². The van der Waals surface area contributed by atoms with Crippen LogP contribution >= 0.6 is 31.9 Å². The SMILES string of the molecule is Cc1ccc(Br)cc1C(O)c1occc1Br. The Morgan fingerprint density at radius 2 is 2.00 bits per heavy atom. The van der Waals surface area contributed by atoms with E-state index in [1.165, 1.54) is 0 Å². The molecule has 0 saturated heterocycles. The van der Waals surface area contributed by atoms with Crippen LogP contribution in [0.5, 0.6) is 0 Å². The summed E-state index contributed by atoms with van der Waals surface area (Å²) >= 11 is 6.73. The predicted octanol–water partition coefficient (Wildman–Crippen LogP) is 4.19. The van der Waals surface area contributed by atoms with Crippen molar-refractivity contribution in [3.05, 3.63) is 56.4 Å². The van der Waals surface area contributed by atoms with Crippen LogP contribution in [0.25, 0.3) is 0 Å². The fourth-order valence-corrected chi connectivity index (χ4v) is 2.34. The van der Waals surface area contributed by atoms with Crippen LogP contribution in [0.2, 0.25) is 0 Å². The Hall–Kier alpha value is -0.580. The summed E-state index contributed by atoms with van der Waals surface area (Å²) in [5.41, 5.74) is 1.86. The summed E-state index contributed by atoms with van der Waals surface area (Å²) in [5.74, 6) is 0.529. The minimum Gasteiger partial charge on any atom is -0.465 e. The number of rotatable bonds is 2. The van der Waals surface area contributed by atoms with Crippen LogP contribution in [-0.4, -0.2) is 5.11 Å². The summed E-state index contributed by atoms with van der Waals surface area (Å²) in [5, 5.41) is 10.2. The zero-order valence-electron chi connectivity index (χ0n) is 8.58. The third kappa shape index (κ3) is 2.24. The van der Waals surface area contributed by atoms with Crippen molar-refractivity contribution < 1.29 is 9.52 Å². The van der Waals surface area contributed by atoms with Crippen molar-refractivity contribution in [1.29, 1.82) is 0 Å². The molecule has 0 fully saturated rings. The van der Waals surface area contributed by atoms with Gasteiger partial charge in [0.2, 0.25) is 0 Å². The quantitative estimate of drug-likeness (QED) is 0.885. The van der Waals surface area contributed by atoms with E-state index in [1.807, 2.05) is 25.1 Å². The van der Waals surface area contributed by atoms with Gasteiger partial charge in [-0.05, 0) is 52.2 Å². The fourth-order valence-electron chi connectivity index (χ4n) is 1.55. The highest BCUT2D eigenvalue weighted by Gasteiger charge is 2.18. The van der Waals surface area contributed by atoms with Gasteiger partial charge in [-0.1, -0.05) is 22.0 Å². The van der Waals surface area contributed by atoms with E-state index in [0.717, 1.165) is 20.1 Å². The van der Waals surface area contributed by atoms with Crippen molar-refractivity contribution in [3.63, 3.8) is 0 Å². The molecule has 4 heteroatoms. The second-order valence-electron chi connectivity index (χ2n) is 3.54. The minimum absolute atomic E-state index is 0.529.